The Morgan fingerprint density at radius 1 is 1.06 bits per heavy atom. The molecule has 4 aromatic heterocycles. The Hall–Kier alpha value is -3.98. The molecule has 0 bridgehead atoms. The minimum Gasteiger partial charge on any atom is -0.495 e. The molecule has 0 amide bonds. The van der Waals surface area contributed by atoms with Crippen molar-refractivity contribution in [3.8, 4) is 22.6 Å². The summed E-state index contributed by atoms with van der Waals surface area (Å²) in [7, 11) is 5.24. The first-order valence-corrected chi connectivity index (χ1v) is 11.0. The smallest absolute Gasteiger partial charge is 0.333 e. The van der Waals surface area contributed by atoms with Crippen LogP contribution in [-0.4, -0.2) is 42.6 Å². The van der Waals surface area contributed by atoms with Crippen molar-refractivity contribution in [3.63, 3.8) is 0 Å². The zero-order chi connectivity index (χ0) is 24.0. The normalized spacial score (nSPS) is 11.6. The Kier molecular flexibility index (Phi) is 5.41. The highest BCUT2D eigenvalue weighted by Gasteiger charge is 2.19. The van der Waals surface area contributed by atoms with Gasteiger partial charge < -0.3 is 9.47 Å². The van der Waals surface area contributed by atoms with Crippen LogP contribution < -0.4 is 10.4 Å². The van der Waals surface area contributed by atoms with E-state index in [4.69, 9.17) is 9.47 Å². The van der Waals surface area contributed by atoms with E-state index in [-0.39, 0.29) is 5.69 Å². The molecule has 0 fully saturated rings. The van der Waals surface area contributed by atoms with Crippen molar-refractivity contribution in [1.29, 1.82) is 0 Å². The van der Waals surface area contributed by atoms with Crippen molar-refractivity contribution in [3.05, 3.63) is 64.7 Å². The maximum Gasteiger partial charge on any atom is 0.333 e. The Morgan fingerprint density at radius 2 is 1.88 bits per heavy atom. The van der Waals surface area contributed by atoms with Gasteiger partial charge in [0.15, 0.2) is 0 Å². The van der Waals surface area contributed by atoms with Crippen LogP contribution in [0.1, 0.15) is 18.3 Å². The van der Waals surface area contributed by atoms with E-state index in [0.29, 0.717) is 19.0 Å². The molecule has 0 aliphatic carbocycles. The fourth-order valence-corrected chi connectivity index (χ4v) is 4.32. The van der Waals surface area contributed by atoms with Gasteiger partial charge in [0.2, 0.25) is 0 Å². The third kappa shape index (κ3) is 3.45. The van der Waals surface area contributed by atoms with Gasteiger partial charge in [0.1, 0.15) is 11.4 Å². The van der Waals surface area contributed by atoms with Gasteiger partial charge in [-0.05, 0) is 37.6 Å². The summed E-state index contributed by atoms with van der Waals surface area (Å²) in [5.74, 6) is 0.671. The molecule has 0 unspecified atom stereocenters. The highest BCUT2D eigenvalue weighted by molar-refractivity contribution is 6.04. The number of ether oxygens (including phenoxy) is 2. The first kappa shape index (κ1) is 21.8. The summed E-state index contributed by atoms with van der Waals surface area (Å²) in [6.07, 6.45) is 5.42. The Labute approximate surface area is 196 Å². The molecule has 34 heavy (non-hydrogen) atoms. The lowest BCUT2D eigenvalue weighted by atomic mass is 10.0. The summed E-state index contributed by atoms with van der Waals surface area (Å²) in [5, 5.41) is 5.31. The second kappa shape index (κ2) is 8.42. The maximum absolute atomic E-state index is 13.3. The molecule has 0 radical (unpaired) electrons. The highest BCUT2D eigenvalue weighted by Crippen LogP contribution is 2.32. The van der Waals surface area contributed by atoms with Crippen LogP contribution in [0, 0.1) is 6.92 Å². The number of aryl methyl sites for hydroxylation is 3. The maximum atomic E-state index is 13.3. The Bertz CT molecular complexity index is 1590. The third-order valence-corrected chi connectivity index (χ3v) is 6.04. The van der Waals surface area contributed by atoms with Crippen molar-refractivity contribution in [2.75, 3.05) is 13.7 Å². The van der Waals surface area contributed by atoms with Gasteiger partial charge in [-0.15, -0.1) is 0 Å². The van der Waals surface area contributed by atoms with Gasteiger partial charge in [0, 0.05) is 44.0 Å². The van der Waals surface area contributed by atoms with Crippen LogP contribution in [0.15, 0.2) is 47.7 Å². The van der Waals surface area contributed by atoms with E-state index < -0.39 is 0 Å². The number of imidazole rings is 1. The average molecular weight is 459 g/mol. The molecule has 0 aliphatic rings. The van der Waals surface area contributed by atoms with E-state index in [2.05, 4.69) is 15.1 Å². The number of aromatic nitrogens is 6. The first-order chi connectivity index (χ1) is 16.4. The number of benzene rings is 1. The Balaban J connectivity index is 1.75. The highest BCUT2D eigenvalue weighted by atomic mass is 16.5. The molecule has 174 valence electrons. The second-order valence-corrected chi connectivity index (χ2v) is 8.18. The van der Waals surface area contributed by atoms with Gasteiger partial charge in [-0.3, -0.25) is 23.8 Å². The summed E-state index contributed by atoms with van der Waals surface area (Å²) in [5.41, 5.74) is 6.32. The lowest BCUT2D eigenvalue weighted by molar-refractivity contribution is 0.129. The minimum atomic E-state index is -0.144. The van der Waals surface area contributed by atoms with Crippen LogP contribution in [0.25, 0.3) is 38.8 Å². The lowest BCUT2D eigenvalue weighted by Gasteiger charge is -2.11. The molecule has 9 nitrogen and oxygen atoms in total. The summed E-state index contributed by atoms with van der Waals surface area (Å²) in [6, 6.07) is 7.97. The molecule has 0 N–H and O–H groups in total. The molecule has 5 aromatic rings. The first-order valence-electron chi connectivity index (χ1n) is 11.0. The minimum absolute atomic E-state index is 0.144. The topological polar surface area (TPSA) is 89.0 Å². The summed E-state index contributed by atoms with van der Waals surface area (Å²) >= 11 is 0. The summed E-state index contributed by atoms with van der Waals surface area (Å²) in [6.45, 7) is 4.84. The van der Waals surface area contributed by atoms with Crippen molar-refractivity contribution in [1.82, 2.24) is 28.9 Å². The quantitative estimate of drug-likeness (QED) is 0.387. The third-order valence-electron chi connectivity index (χ3n) is 6.04. The fraction of sp³-hybridized carbons (Fsp3) is 0.280. The van der Waals surface area contributed by atoms with E-state index in [1.165, 1.54) is 0 Å². The van der Waals surface area contributed by atoms with E-state index in [0.717, 1.165) is 50.1 Å². The second-order valence-electron chi connectivity index (χ2n) is 8.18. The van der Waals surface area contributed by atoms with Crippen molar-refractivity contribution >= 4 is 21.9 Å². The van der Waals surface area contributed by atoms with Crippen LogP contribution in [0.4, 0.5) is 0 Å². The van der Waals surface area contributed by atoms with Crippen LogP contribution in [-0.2, 0) is 25.4 Å². The predicted octanol–water partition coefficient (Wildman–Crippen LogP) is 3.53. The van der Waals surface area contributed by atoms with Crippen LogP contribution >= 0.6 is 0 Å². The van der Waals surface area contributed by atoms with Crippen LogP contribution in [0.5, 0.6) is 5.75 Å². The van der Waals surface area contributed by atoms with E-state index >= 15 is 0 Å². The number of methoxy groups -OCH3 is 1. The molecule has 1 aromatic carbocycles. The van der Waals surface area contributed by atoms with E-state index in [9.17, 15) is 4.79 Å². The molecule has 0 spiro atoms. The summed E-state index contributed by atoms with van der Waals surface area (Å²) < 4.78 is 16.1. The SMILES string of the molecule is CCOCc1ncc(-c2ccc3ncc4c(c3c2)n(-c2cn(C)nc2C)c(=O)n4C)cc1OC. The van der Waals surface area contributed by atoms with Gasteiger partial charge in [0.25, 0.3) is 0 Å². The number of nitrogens with zero attached hydrogens (tertiary/aromatic N) is 6. The standard InChI is InChI=1S/C25H26N6O3/c1-6-34-14-20-23(33-5)10-17(11-26-20)16-7-8-19-18(9-16)24-21(12-27-19)30(4)25(32)31(24)22-13-29(3)28-15(22)2/h7-13H,6,14H2,1-5H3. The van der Waals surface area contributed by atoms with Crippen molar-refractivity contribution < 1.29 is 9.47 Å². The molecule has 9 heteroatoms. The molecular formula is C25H26N6O3. The monoisotopic (exact) mass is 458 g/mol. The number of pyridine rings is 2. The van der Waals surface area contributed by atoms with Crippen LogP contribution in [0.3, 0.4) is 0 Å². The van der Waals surface area contributed by atoms with Gasteiger partial charge >= 0.3 is 5.69 Å². The van der Waals surface area contributed by atoms with Crippen LogP contribution in [0.2, 0.25) is 0 Å². The molecule has 0 aliphatic heterocycles. The fourth-order valence-electron chi connectivity index (χ4n) is 4.32. The largest absolute Gasteiger partial charge is 0.495 e. The van der Waals surface area contributed by atoms with Crippen molar-refractivity contribution in [2.45, 2.75) is 20.5 Å². The molecule has 4 heterocycles. The molecular weight excluding hydrogens is 432 g/mol. The van der Waals surface area contributed by atoms with Gasteiger partial charge in [-0.1, -0.05) is 6.07 Å². The average Bonchev–Trinajstić information content (AvgIpc) is 3.31. The van der Waals surface area contributed by atoms with Gasteiger partial charge in [-0.25, -0.2) is 4.79 Å². The number of rotatable bonds is 6. The van der Waals surface area contributed by atoms with E-state index in [1.807, 2.05) is 57.6 Å². The lowest BCUT2D eigenvalue weighted by Crippen LogP contribution is -2.21. The molecule has 0 saturated carbocycles. The number of hydrogen-bond donors (Lipinski definition) is 0. The number of fused-ring (bicyclic) bond motifs is 3. The molecule has 0 saturated heterocycles. The molecule has 5 rings (SSSR count). The number of hydrogen-bond acceptors (Lipinski definition) is 6. The predicted molar refractivity (Wildman–Crippen MR) is 130 cm³/mol. The van der Waals surface area contributed by atoms with Crippen molar-refractivity contribution in [2.24, 2.45) is 14.1 Å². The summed E-state index contributed by atoms with van der Waals surface area (Å²) in [4.78, 5) is 22.5. The van der Waals surface area contributed by atoms with Gasteiger partial charge in [0.05, 0.1) is 47.8 Å². The zero-order valence-electron chi connectivity index (χ0n) is 19.9. The molecule has 0 atom stereocenters. The van der Waals surface area contributed by atoms with Gasteiger partial charge in [-0.2, -0.15) is 5.10 Å². The Morgan fingerprint density at radius 3 is 2.59 bits per heavy atom. The van der Waals surface area contributed by atoms with E-state index in [1.54, 1.807) is 34.2 Å². The zero-order valence-corrected chi connectivity index (χ0v) is 19.9.